The topological polar surface area (TPSA) is 252 Å². The van der Waals surface area contributed by atoms with E-state index in [2.05, 4.69) is 25.3 Å². The number of hydrogen-bond acceptors (Lipinski definition) is 21. The van der Waals surface area contributed by atoms with Crippen LogP contribution in [0.3, 0.4) is 0 Å². The van der Waals surface area contributed by atoms with Gasteiger partial charge in [0.1, 0.15) is 25.4 Å². The molecule has 0 saturated carbocycles. The molecule has 2 rings (SSSR count). The van der Waals surface area contributed by atoms with Crippen molar-refractivity contribution in [1.29, 1.82) is 0 Å². The van der Waals surface area contributed by atoms with Gasteiger partial charge >= 0.3 is 53.4 Å². The summed E-state index contributed by atoms with van der Waals surface area (Å²) in [6, 6.07) is 0. The number of carbonyl (C=O) groups is 7. The maximum Gasteiger partial charge on any atom is 0.316 e. The zero-order valence-electron chi connectivity index (χ0n) is 29.0. The zero-order chi connectivity index (χ0) is 38.9. The summed E-state index contributed by atoms with van der Waals surface area (Å²) in [6.45, 7) is 5.26. The second kappa shape index (κ2) is 18.5. The highest BCUT2D eigenvalue weighted by atomic mass is 32.1. The third kappa shape index (κ3) is 10.7. The molecule has 10 atom stereocenters. The van der Waals surface area contributed by atoms with Gasteiger partial charge in [0.05, 0.1) is 0 Å². The average Bonchev–Trinajstić information content (AvgIpc) is 2.98. The van der Waals surface area contributed by atoms with Crippen LogP contribution in [0.4, 0.5) is 0 Å². The molecule has 0 amide bonds. The third-order valence-corrected chi connectivity index (χ3v) is 8.25. The fourth-order valence-corrected chi connectivity index (χ4v) is 6.25. The molecular formula is C30H44O19S2. The van der Waals surface area contributed by atoms with Crippen molar-refractivity contribution in [3.05, 3.63) is 0 Å². The smallest absolute Gasteiger partial charge is 0.316 e. The molecule has 0 aromatic carbocycles. The van der Waals surface area contributed by atoms with Crippen molar-refractivity contribution < 1.29 is 91.1 Å². The fraction of sp³-hybridized carbons (Fsp3) is 0.767. The van der Waals surface area contributed by atoms with Crippen LogP contribution in [0.1, 0.15) is 67.7 Å². The molecule has 0 unspecified atom stereocenters. The summed E-state index contributed by atoms with van der Waals surface area (Å²) in [7, 11) is 0. The lowest BCUT2D eigenvalue weighted by Gasteiger charge is -2.60. The first-order valence-corrected chi connectivity index (χ1v) is 16.7. The highest BCUT2D eigenvalue weighted by Crippen LogP contribution is 2.53. The highest BCUT2D eigenvalue weighted by Gasteiger charge is 2.79. The second-order valence-electron chi connectivity index (χ2n) is 11.6. The van der Waals surface area contributed by atoms with Gasteiger partial charge in [-0.25, -0.2) is 0 Å². The van der Waals surface area contributed by atoms with E-state index in [-0.39, 0.29) is 18.6 Å². The minimum absolute atomic E-state index is 0.00563. The third-order valence-electron chi connectivity index (χ3n) is 7.47. The number of aliphatic hydroxyl groups is 2. The molecule has 0 aromatic heterocycles. The Balaban J connectivity index is 3.04. The highest BCUT2D eigenvalue weighted by molar-refractivity contribution is 7.80. The first kappa shape index (κ1) is 44.0. The maximum atomic E-state index is 12.7. The molecule has 19 nitrogen and oxygen atoms in total. The normalized spacial score (nSPS) is 33.2. The Morgan fingerprint density at radius 2 is 1.16 bits per heavy atom. The number of thiol groups is 2. The lowest BCUT2D eigenvalue weighted by atomic mass is 9.75. The molecule has 2 saturated heterocycles. The molecule has 2 heterocycles. The summed E-state index contributed by atoms with van der Waals surface area (Å²) in [5.41, 5.74) is -4.77. The van der Waals surface area contributed by atoms with Crippen LogP contribution in [0.15, 0.2) is 0 Å². The molecule has 0 aliphatic carbocycles. The Hall–Kier alpha value is -3.21. The Labute approximate surface area is 303 Å². The summed E-state index contributed by atoms with van der Waals surface area (Å²) < 4.78 is 55.5. The van der Waals surface area contributed by atoms with Gasteiger partial charge in [0.2, 0.25) is 0 Å². The lowest BCUT2D eigenvalue weighted by molar-refractivity contribution is -0.486. The molecule has 2 fully saturated rings. The summed E-state index contributed by atoms with van der Waals surface area (Å²) in [4.78, 5) is 86.0. The molecule has 0 radical (unpaired) electrons. The monoisotopic (exact) mass is 772 g/mol. The second-order valence-corrected chi connectivity index (χ2v) is 12.5. The summed E-state index contributed by atoms with van der Waals surface area (Å²) in [5.74, 6) is -13.7. The van der Waals surface area contributed by atoms with Crippen molar-refractivity contribution in [2.24, 2.45) is 0 Å². The molecule has 0 spiro atoms. The molecule has 2 N–H and O–H groups in total. The van der Waals surface area contributed by atoms with Crippen LogP contribution in [-0.2, 0) is 80.9 Å². The summed E-state index contributed by atoms with van der Waals surface area (Å²) in [5, 5.41) is 24.5. The van der Waals surface area contributed by atoms with E-state index in [1.807, 2.05) is 0 Å². The molecule has 0 aromatic rings. The van der Waals surface area contributed by atoms with E-state index >= 15 is 0 Å². The van der Waals surface area contributed by atoms with Gasteiger partial charge in [-0.1, -0.05) is 0 Å². The number of hydrogen-bond donors (Lipinski definition) is 4. The maximum absolute atomic E-state index is 12.7. The van der Waals surface area contributed by atoms with E-state index < -0.39 is 121 Å². The number of unbranched alkanes of at least 4 members (excludes halogenated alkanes) is 1. The number of carbonyl (C=O) groups excluding carboxylic acids is 7. The largest absolute Gasteiger partial charge is 0.463 e. The standard InChI is InChI=1S/C30H44O19S2/c1-14(31)40-12-21-23(42-16(3)33)24(43-17(4)34)25(44-18(5)35)26(45-21)49-28(10-8-9-11-50)22(13-41-15(2)32)46-27(51)29(38,47-19(6)36)30(28,39)48-20(7)37/h21-27,38-39,50-51H,8-13H2,1-7H3/t21-,22-,23-,24+,25-,26-,27+,28-,29+,30+/m1/s1. The van der Waals surface area contributed by atoms with Crippen molar-refractivity contribution in [2.75, 3.05) is 19.0 Å². The zero-order valence-corrected chi connectivity index (χ0v) is 30.8. The average molecular weight is 773 g/mol. The van der Waals surface area contributed by atoms with Gasteiger partial charge in [-0.3, -0.25) is 33.6 Å². The summed E-state index contributed by atoms with van der Waals surface area (Å²) >= 11 is 8.38. The molecule has 51 heavy (non-hydrogen) atoms. The lowest BCUT2D eigenvalue weighted by Crippen LogP contribution is -2.83. The number of esters is 7. The van der Waals surface area contributed by atoms with E-state index in [4.69, 9.17) is 47.4 Å². The van der Waals surface area contributed by atoms with Gasteiger partial charge in [-0.15, -0.1) is 12.6 Å². The van der Waals surface area contributed by atoms with Gasteiger partial charge in [0.25, 0.3) is 0 Å². The van der Waals surface area contributed by atoms with Gasteiger partial charge < -0.3 is 57.6 Å². The van der Waals surface area contributed by atoms with Gasteiger partial charge in [-0.2, -0.15) is 12.6 Å². The molecule has 21 heteroatoms. The van der Waals surface area contributed by atoms with Crippen molar-refractivity contribution in [1.82, 2.24) is 0 Å². The van der Waals surface area contributed by atoms with Crippen LogP contribution in [-0.4, -0.2) is 130 Å². The van der Waals surface area contributed by atoms with Gasteiger partial charge in [0.15, 0.2) is 35.6 Å². The minimum Gasteiger partial charge on any atom is -0.463 e. The summed E-state index contributed by atoms with van der Waals surface area (Å²) in [6.07, 6.45) is -11.0. The van der Waals surface area contributed by atoms with Crippen molar-refractivity contribution in [3.63, 3.8) is 0 Å². The SMILES string of the molecule is CC(=O)OC[C@H]1O[C@H](O[C@]2(CCCCS)[C@@H](COC(C)=O)O[C@@H](S)[C@](O)(OC(C)=O)[C@@]2(O)OC(C)=O)[C@H](OC(C)=O)[C@@H](OC(C)=O)[C@@H]1OC(C)=O. The predicted molar refractivity (Wildman–Crippen MR) is 171 cm³/mol. The molecular weight excluding hydrogens is 728 g/mol. The van der Waals surface area contributed by atoms with Crippen LogP contribution in [0.2, 0.25) is 0 Å². The van der Waals surface area contributed by atoms with E-state index in [9.17, 15) is 43.8 Å². The molecule has 0 bridgehead atoms. The quantitative estimate of drug-likeness (QED) is 0.0545. The Morgan fingerprint density at radius 1 is 0.647 bits per heavy atom. The van der Waals surface area contributed by atoms with Crippen molar-refractivity contribution in [2.45, 2.75) is 127 Å². The number of rotatable bonds is 15. The minimum atomic E-state index is -3.53. The van der Waals surface area contributed by atoms with Crippen molar-refractivity contribution in [3.8, 4) is 0 Å². The first-order valence-electron chi connectivity index (χ1n) is 15.5. The molecule has 290 valence electrons. The number of ether oxygens (including phenoxy) is 10. The first-order chi connectivity index (χ1) is 23.6. The van der Waals surface area contributed by atoms with E-state index in [1.165, 1.54) is 0 Å². The van der Waals surface area contributed by atoms with E-state index in [0.29, 0.717) is 0 Å². The van der Waals surface area contributed by atoms with Crippen LogP contribution >= 0.6 is 25.3 Å². The van der Waals surface area contributed by atoms with Crippen LogP contribution in [0.25, 0.3) is 0 Å². The molecule has 2 aliphatic rings. The van der Waals surface area contributed by atoms with E-state index in [1.54, 1.807) is 0 Å². The Morgan fingerprint density at radius 3 is 1.65 bits per heavy atom. The van der Waals surface area contributed by atoms with Crippen molar-refractivity contribution >= 4 is 67.0 Å². The van der Waals surface area contributed by atoms with Crippen LogP contribution in [0, 0.1) is 0 Å². The predicted octanol–water partition coefficient (Wildman–Crippen LogP) is -0.354. The van der Waals surface area contributed by atoms with Crippen LogP contribution in [0.5, 0.6) is 0 Å². The molecule has 2 aliphatic heterocycles. The van der Waals surface area contributed by atoms with Crippen LogP contribution < -0.4 is 0 Å². The van der Waals surface area contributed by atoms with Gasteiger partial charge in [0, 0.05) is 48.5 Å². The Bertz CT molecular complexity index is 1310. The van der Waals surface area contributed by atoms with E-state index in [0.717, 1.165) is 48.5 Å². The fourth-order valence-electron chi connectivity index (χ4n) is 5.66. The Kier molecular flexibility index (Phi) is 16.0. The van der Waals surface area contributed by atoms with Gasteiger partial charge in [-0.05, 0) is 25.0 Å².